The van der Waals surface area contributed by atoms with E-state index in [1.165, 1.54) is 12.1 Å². The molecular weight excluding hydrogens is 315 g/mol. The summed E-state index contributed by atoms with van der Waals surface area (Å²) in [6.07, 6.45) is 2.14. The molecule has 1 heterocycles. The van der Waals surface area contributed by atoms with Crippen LogP contribution in [0.15, 0.2) is 48.5 Å². The van der Waals surface area contributed by atoms with E-state index in [1.54, 1.807) is 6.07 Å². The van der Waals surface area contributed by atoms with Gasteiger partial charge in [-0.2, -0.15) is 0 Å². The number of benzene rings is 2. The SMILES string of the molecule is O=C(Nc1cccc(Cl)c1F)C(c1ccccc1)N1CCCC1. The largest absolute Gasteiger partial charge is 0.322 e. The molecule has 2 aromatic carbocycles. The third kappa shape index (κ3) is 3.54. The highest BCUT2D eigenvalue weighted by molar-refractivity contribution is 6.31. The normalized spacial score (nSPS) is 16.3. The number of nitrogens with zero attached hydrogens (tertiary/aromatic N) is 1. The fourth-order valence-electron chi connectivity index (χ4n) is 2.96. The Kier molecular flexibility index (Phi) is 4.94. The van der Waals surface area contributed by atoms with Gasteiger partial charge in [0.05, 0.1) is 10.7 Å². The first-order valence-electron chi connectivity index (χ1n) is 7.70. The van der Waals surface area contributed by atoms with Crippen molar-refractivity contribution in [1.82, 2.24) is 4.90 Å². The van der Waals surface area contributed by atoms with Gasteiger partial charge in [0.1, 0.15) is 6.04 Å². The number of halogens is 2. The molecule has 0 aliphatic carbocycles. The van der Waals surface area contributed by atoms with E-state index in [2.05, 4.69) is 10.2 Å². The standard InChI is InChI=1S/C18H18ClFN2O/c19-14-9-6-10-15(16(14)20)21-18(23)17(22-11-4-5-12-22)13-7-2-1-3-8-13/h1-3,6-10,17H,4-5,11-12H2,(H,21,23). The van der Waals surface area contributed by atoms with Crippen molar-refractivity contribution >= 4 is 23.2 Å². The lowest BCUT2D eigenvalue weighted by Crippen LogP contribution is -2.35. The van der Waals surface area contributed by atoms with Crippen molar-refractivity contribution in [2.45, 2.75) is 18.9 Å². The molecule has 0 spiro atoms. The molecule has 1 aliphatic rings. The first-order valence-corrected chi connectivity index (χ1v) is 8.08. The molecule has 1 unspecified atom stereocenters. The van der Waals surface area contributed by atoms with Crippen molar-refractivity contribution in [3.8, 4) is 0 Å². The van der Waals surface area contributed by atoms with Crippen LogP contribution in [-0.2, 0) is 4.79 Å². The highest BCUT2D eigenvalue weighted by atomic mass is 35.5. The Hall–Kier alpha value is -1.91. The summed E-state index contributed by atoms with van der Waals surface area (Å²) in [5, 5.41) is 2.69. The lowest BCUT2D eigenvalue weighted by Gasteiger charge is -2.27. The van der Waals surface area contributed by atoms with E-state index in [0.29, 0.717) is 0 Å². The van der Waals surface area contributed by atoms with Crippen molar-refractivity contribution in [3.63, 3.8) is 0 Å². The fraction of sp³-hybridized carbons (Fsp3) is 0.278. The molecule has 5 heteroatoms. The minimum atomic E-state index is -0.601. The number of rotatable bonds is 4. The first-order chi connectivity index (χ1) is 11.2. The second kappa shape index (κ2) is 7.11. The van der Waals surface area contributed by atoms with Crippen LogP contribution in [-0.4, -0.2) is 23.9 Å². The molecule has 1 atom stereocenters. The maximum Gasteiger partial charge on any atom is 0.246 e. The van der Waals surface area contributed by atoms with E-state index in [4.69, 9.17) is 11.6 Å². The highest BCUT2D eigenvalue weighted by Gasteiger charge is 2.30. The highest BCUT2D eigenvalue weighted by Crippen LogP contribution is 2.28. The Morgan fingerprint density at radius 1 is 1.09 bits per heavy atom. The number of hydrogen-bond acceptors (Lipinski definition) is 2. The Balaban J connectivity index is 1.87. The molecule has 0 radical (unpaired) electrons. The molecule has 1 aliphatic heterocycles. The van der Waals surface area contributed by atoms with E-state index >= 15 is 0 Å². The van der Waals surface area contributed by atoms with Crippen LogP contribution in [0.3, 0.4) is 0 Å². The lowest BCUT2D eigenvalue weighted by molar-refractivity contribution is -0.121. The maximum absolute atomic E-state index is 14.0. The predicted molar refractivity (Wildman–Crippen MR) is 90.0 cm³/mol. The molecular formula is C18H18ClFN2O. The van der Waals surface area contributed by atoms with Gasteiger partial charge in [-0.1, -0.05) is 48.0 Å². The maximum atomic E-state index is 14.0. The summed E-state index contributed by atoms with van der Waals surface area (Å²) >= 11 is 5.78. The Bertz CT molecular complexity index is 687. The van der Waals surface area contributed by atoms with Gasteiger partial charge in [-0.05, 0) is 43.6 Å². The van der Waals surface area contributed by atoms with Crippen LogP contribution in [0.1, 0.15) is 24.4 Å². The number of anilines is 1. The van der Waals surface area contributed by atoms with Gasteiger partial charge < -0.3 is 5.32 Å². The van der Waals surface area contributed by atoms with Crippen LogP contribution in [0.4, 0.5) is 10.1 Å². The van der Waals surface area contributed by atoms with Crippen LogP contribution >= 0.6 is 11.6 Å². The smallest absolute Gasteiger partial charge is 0.246 e. The average Bonchev–Trinajstić information content (AvgIpc) is 3.07. The summed E-state index contributed by atoms with van der Waals surface area (Å²) in [5.74, 6) is -0.838. The minimum absolute atomic E-state index is 0.000216. The quantitative estimate of drug-likeness (QED) is 0.907. The summed E-state index contributed by atoms with van der Waals surface area (Å²) < 4.78 is 14.0. The van der Waals surface area contributed by atoms with Gasteiger partial charge in [0.2, 0.25) is 5.91 Å². The summed E-state index contributed by atoms with van der Waals surface area (Å²) in [7, 11) is 0. The fourth-order valence-corrected chi connectivity index (χ4v) is 3.14. The molecule has 1 amide bonds. The molecule has 2 aromatic rings. The second-order valence-corrected chi connectivity index (χ2v) is 6.05. The molecule has 3 nitrogen and oxygen atoms in total. The first kappa shape index (κ1) is 16.0. The molecule has 0 bridgehead atoms. The zero-order chi connectivity index (χ0) is 16.2. The van der Waals surface area contributed by atoms with E-state index < -0.39 is 11.9 Å². The zero-order valence-corrected chi connectivity index (χ0v) is 13.4. The van der Waals surface area contributed by atoms with Gasteiger partial charge in [0.25, 0.3) is 0 Å². The summed E-state index contributed by atoms with van der Waals surface area (Å²) in [6.45, 7) is 1.73. The van der Waals surface area contributed by atoms with E-state index in [1.807, 2.05) is 30.3 Å². The number of hydrogen-bond donors (Lipinski definition) is 1. The molecule has 1 saturated heterocycles. The topological polar surface area (TPSA) is 32.3 Å². The van der Waals surface area contributed by atoms with Gasteiger partial charge in [-0.15, -0.1) is 0 Å². The van der Waals surface area contributed by atoms with E-state index in [9.17, 15) is 9.18 Å². The Morgan fingerprint density at radius 3 is 2.48 bits per heavy atom. The van der Waals surface area contributed by atoms with Crippen molar-refractivity contribution < 1.29 is 9.18 Å². The molecule has 3 rings (SSSR count). The molecule has 1 fully saturated rings. The van der Waals surface area contributed by atoms with Gasteiger partial charge in [0, 0.05) is 0 Å². The van der Waals surface area contributed by atoms with Crippen LogP contribution in [0, 0.1) is 5.82 Å². The monoisotopic (exact) mass is 332 g/mol. The van der Waals surface area contributed by atoms with Crippen LogP contribution in [0.2, 0.25) is 5.02 Å². The Morgan fingerprint density at radius 2 is 1.78 bits per heavy atom. The number of nitrogens with one attached hydrogen (secondary N) is 1. The second-order valence-electron chi connectivity index (χ2n) is 5.65. The third-order valence-corrected chi connectivity index (χ3v) is 4.37. The van der Waals surface area contributed by atoms with Crippen LogP contribution in [0.25, 0.3) is 0 Å². The summed E-state index contributed by atoms with van der Waals surface area (Å²) in [4.78, 5) is 14.9. The van der Waals surface area contributed by atoms with Gasteiger partial charge in [0.15, 0.2) is 5.82 Å². The third-order valence-electron chi connectivity index (χ3n) is 4.08. The van der Waals surface area contributed by atoms with Crippen molar-refractivity contribution in [1.29, 1.82) is 0 Å². The lowest BCUT2D eigenvalue weighted by atomic mass is 10.0. The molecule has 23 heavy (non-hydrogen) atoms. The minimum Gasteiger partial charge on any atom is -0.322 e. The number of carbonyl (C=O) groups excluding carboxylic acids is 1. The molecule has 120 valence electrons. The van der Waals surface area contributed by atoms with Crippen molar-refractivity contribution in [2.24, 2.45) is 0 Å². The number of amides is 1. The van der Waals surface area contributed by atoms with E-state index in [-0.39, 0.29) is 16.6 Å². The summed E-state index contributed by atoms with van der Waals surface area (Å²) in [5.41, 5.74) is 1.02. The van der Waals surface area contributed by atoms with Crippen LogP contribution in [0.5, 0.6) is 0 Å². The molecule has 0 saturated carbocycles. The van der Waals surface area contributed by atoms with Gasteiger partial charge in [-0.3, -0.25) is 9.69 Å². The predicted octanol–water partition coefficient (Wildman–Crippen LogP) is 4.25. The zero-order valence-electron chi connectivity index (χ0n) is 12.6. The summed E-state index contributed by atoms with van der Waals surface area (Å²) in [6, 6.07) is 13.8. The molecule has 0 aromatic heterocycles. The van der Waals surface area contributed by atoms with E-state index in [0.717, 1.165) is 31.5 Å². The molecule has 1 N–H and O–H groups in total. The van der Waals surface area contributed by atoms with Crippen molar-refractivity contribution in [2.75, 3.05) is 18.4 Å². The average molecular weight is 333 g/mol. The van der Waals surface area contributed by atoms with Crippen LogP contribution < -0.4 is 5.32 Å². The Labute approximate surface area is 140 Å². The van der Waals surface area contributed by atoms with Gasteiger partial charge in [-0.25, -0.2) is 4.39 Å². The number of carbonyl (C=O) groups is 1. The van der Waals surface area contributed by atoms with Crippen molar-refractivity contribution in [3.05, 3.63) is 64.9 Å². The number of likely N-dealkylation sites (tertiary alicyclic amines) is 1. The van der Waals surface area contributed by atoms with Gasteiger partial charge >= 0.3 is 0 Å².